The monoisotopic (exact) mass is 274 g/mol. The third-order valence-electron chi connectivity index (χ3n) is 3.00. The number of aromatic nitrogens is 3. The van der Waals surface area contributed by atoms with E-state index in [-0.39, 0.29) is 11.7 Å². The van der Waals surface area contributed by atoms with Gasteiger partial charge in [0.25, 0.3) is 5.91 Å². The fourth-order valence-electron chi connectivity index (χ4n) is 1.88. The van der Waals surface area contributed by atoms with Gasteiger partial charge in [0.15, 0.2) is 0 Å². The number of carbonyl (C=O) groups excluding carboxylic acids is 1. The van der Waals surface area contributed by atoms with Crippen LogP contribution in [0.5, 0.6) is 5.75 Å². The van der Waals surface area contributed by atoms with Crippen LogP contribution in [0, 0.1) is 0 Å². The third-order valence-corrected chi connectivity index (χ3v) is 3.00. The van der Waals surface area contributed by atoms with Crippen molar-refractivity contribution in [1.82, 2.24) is 20.1 Å². The Morgan fingerprint density at radius 1 is 1.40 bits per heavy atom. The molecule has 2 aromatic rings. The number of aryl methyl sites for hydroxylation is 1. The molecular formula is C14H18N4O2. The molecule has 0 saturated heterocycles. The van der Waals surface area contributed by atoms with Crippen LogP contribution in [0.3, 0.4) is 0 Å². The Labute approximate surface area is 117 Å². The largest absolute Gasteiger partial charge is 0.496 e. The van der Waals surface area contributed by atoms with Crippen LogP contribution in [0.15, 0.2) is 24.3 Å². The summed E-state index contributed by atoms with van der Waals surface area (Å²) in [4.78, 5) is 17.9. The van der Waals surface area contributed by atoms with Gasteiger partial charge in [0.05, 0.1) is 7.11 Å². The Bertz CT molecular complexity index is 594. The fourth-order valence-corrected chi connectivity index (χ4v) is 1.88. The first kappa shape index (κ1) is 14.0. The van der Waals surface area contributed by atoms with Gasteiger partial charge in [-0.15, -0.1) is 5.10 Å². The van der Waals surface area contributed by atoms with Gasteiger partial charge in [-0.3, -0.25) is 9.89 Å². The molecule has 0 aliphatic rings. The summed E-state index contributed by atoms with van der Waals surface area (Å²) in [5.41, 5.74) is 0.942. The van der Waals surface area contributed by atoms with E-state index in [0.717, 1.165) is 17.7 Å². The number of hydrogen-bond donors (Lipinski definition) is 1. The number of aromatic amines is 1. The first-order chi connectivity index (χ1) is 9.65. The Morgan fingerprint density at radius 2 is 2.15 bits per heavy atom. The topological polar surface area (TPSA) is 71.1 Å². The van der Waals surface area contributed by atoms with Crippen molar-refractivity contribution < 1.29 is 9.53 Å². The number of hydrogen-bond acceptors (Lipinski definition) is 4. The predicted molar refractivity (Wildman–Crippen MR) is 74.6 cm³/mol. The SMILES string of the molecule is CCc1nc(C(=O)N(C)Cc2ccccc2OC)n[nH]1. The molecule has 6 heteroatoms. The number of rotatable bonds is 5. The Kier molecular flexibility index (Phi) is 4.34. The first-order valence-electron chi connectivity index (χ1n) is 6.44. The van der Waals surface area contributed by atoms with Crippen LogP contribution in [0.4, 0.5) is 0 Å². The minimum atomic E-state index is -0.216. The highest BCUT2D eigenvalue weighted by Crippen LogP contribution is 2.19. The molecule has 0 bridgehead atoms. The molecule has 1 aromatic carbocycles. The summed E-state index contributed by atoms with van der Waals surface area (Å²) in [5, 5.41) is 6.68. The molecule has 1 heterocycles. The zero-order valence-electron chi connectivity index (χ0n) is 11.9. The van der Waals surface area contributed by atoms with E-state index >= 15 is 0 Å². The normalized spacial score (nSPS) is 10.3. The van der Waals surface area contributed by atoms with Gasteiger partial charge in [0.2, 0.25) is 5.82 Å². The molecule has 1 N–H and O–H groups in total. The van der Waals surface area contributed by atoms with Crippen molar-refractivity contribution in [2.45, 2.75) is 19.9 Å². The number of ether oxygens (including phenoxy) is 1. The molecule has 0 radical (unpaired) electrons. The average molecular weight is 274 g/mol. The highest BCUT2D eigenvalue weighted by atomic mass is 16.5. The number of amides is 1. The van der Waals surface area contributed by atoms with Gasteiger partial charge in [-0.2, -0.15) is 0 Å². The molecule has 0 saturated carbocycles. The lowest BCUT2D eigenvalue weighted by atomic mass is 10.2. The van der Waals surface area contributed by atoms with Crippen LogP contribution < -0.4 is 4.74 Å². The number of nitrogens with one attached hydrogen (secondary N) is 1. The molecule has 0 unspecified atom stereocenters. The lowest BCUT2D eigenvalue weighted by Gasteiger charge is -2.17. The van der Waals surface area contributed by atoms with Crippen LogP contribution in [0.2, 0.25) is 0 Å². The summed E-state index contributed by atoms with van der Waals surface area (Å²) in [5.74, 6) is 1.45. The smallest absolute Gasteiger partial charge is 0.293 e. The Balaban J connectivity index is 2.11. The summed E-state index contributed by atoms with van der Waals surface area (Å²) < 4.78 is 5.28. The Morgan fingerprint density at radius 3 is 2.80 bits per heavy atom. The molecule has 0 atom stereocenters. The summed E-state index contributed by atoms with van der Waals surface area (Å²) in [6.45, 7) is 2.40. The molecule has 6 nitrogen and oxygen atoms in total. The van der Waals surface area contributed by atoms with Crippen LogP contribution in [0.1, 0.15) is 28.9 Å². The van der Waals surface area contributed by atoms with Crippen molar-refractivity contribution in [1.29, 1.82) is 0 Å². The molecular weight excluding hydrogens is 256 g/mol. The number of H-pyrrole nitrogens is 1. The van der Waals surface area contributed by atoms with Gasteiger partial charge in [-0.1, -0.05) is 25.1 Å². The summed E-state index contributed by atoms with van der Waals surface area (Å²) in [7, 11) is 3.33. The number of benzene rings is 1. The molecule has 106 valence electrons. The van der Waals surface area contributed by atoms with Gasteiger partial charge in [0, 0.05) is 25.6 Å². The second-order valence-electron chi connectivity index (χ2n) is 4.43. The predicted octanol–water partition coefficient (Wildman–Crippen LogP) is 1.65. The van der Waals surface area contributed by atoms with E-state index in [4.69, 9.17) is 4.74 Å². The molecule has 0 aliphatic heterocycles. The third kappa shape index (κ3) is 2.96. The van der Waals surface area contributed by atoms with E-state index in [1.807, 2.05) is 31.2 Å². The zero-order chi connectivity index (χ0) is 14.5. The van der Waals surface area contributed by atoms with Crippen molar-refractivity contribution in [3.05, 3.63) is 41.5 Å². The first-order valence-corrected chi connectivity index (χ1v) is 6.44. The number of para-hydroxylation sites is 1. The Hall–Kier alpha value is -2.37. The maximum Gasteiger partial charge on any atom is 0.293 e. The van der Waals surface area contributed by atoms with Gasteiger partial charge in [-0.05, 0) is 6.07 Å². The summed E-state index contributed by atoms with van der Waals surface area (Å²) in [6.07, 6.45) is 0.719. The maximum absolute atomic E-state index is 12.2. The highest BCUT2D eigenvalue weighted by Gasteiger charge is 2.18. The van der Waals surface area contributed by atoms with Crippen LogP contribution in [-0.4, -0.2) is 40.1 Å². The molecule has 1 amide bonds. The molecule has 20 heavy (non-hydrogen) atoms. The fraction of sp³-hybridized carbons (Fsp3) is 0.357. The van der Waals surface area contributed by atoms with E-state index in [0.29, 0.717) is 12.4 Å². The maximum atomic E-state index is 12.2. The highest BCUT2D eigenvalue weighted by molar-refractivity contribution is 5.90. The van der Waals surface area contributed by atoms with Gasteiger partial charge in [-0.25, -0.2) is 4.98 Å². The van der Waals surface area contributed by atoms with Crippen molar-refractivity contribution in [3.63, 3.8) is 0 Å². The minimum absolute atomic E-state index is 0.194. The molecule has 0 aliphatic carbocycles. The van der Waals surface area contributed by atoms with Crippen molar-refractivity contribution in [2.75, 3.05) is 14.2 Å². The van der Waals surface area contributed by atoms with Crippen LogP contribution in [-0.2, 0) is 13.0 Å². The van der Waals surface area contributed by atoms with Crippen LogP contribution in [0.25, 0.3) is 0 Å². The summed E-state index contributed by atoms with van der Waals surface area (Å²) >= 11 is 0. The van der Waals surface area contributed by atoms with E-state index in [2.05, 4.69) is 15.2 Å². The average Bonchev–Trinajstić information content (AvgIpc) is 2.95. The van der Waals surface area contributed by atoms with Crippen LogP contribution >= 0.6 is 0 Å². The van der Waals surface area contributed by atoms with Crippen molar-refractivity contribution in [3.8, 4) is 5.75 Å². The molecule has 0 fully saturated rings. The second kappa shape index (κ2) is 6.18. The van der Waals surface area contributed by atoms with Gasteiger partial charge in [0.1, 0.15) is 11.6 Å². The van der Waals surface area contributed by atoms with Crippen molar-refractivity contribution >= 4 is 5.91 Å². The number of carbonyl (C=O) groups is 1. The second-order valence-corrected chi connectivity index (χ2v) is 4.43. The van der Waals surface area contributed by atoms with E-state index < -0.39 is 0 Å². The number of nitrogens with zero attached hydrogens (tertiary/aromatic N) is 3. The van der Waals surface area contributed by atoms with Crippen molar-refractivity contribution in [2.24, 2.45) is 0 Å². The molecule has 0 spiro atoms. The minimum Gasteiger partial charge on any atom is -0.496 e. The molecule has 1 aromatic heterocycles. The zero-order valence-corrected chi connectivity index (χ0v) is 11.9. The van der Waals surface area contributed by atoms with E-state index in [1.54, 1.807) is 19.1 Å². The quantitative estimate of drug-likeness (QED) is 0.900. The summed E-state index contributed by atoms with van der Waals surface area (Å²) in [6, 6.07) is 7.61. The lowest BCUT2D eigenvalue weighted by molar-refractivity contribution is 0.0772. The van der Waals surface area contributed by atoms with E-state index in [1.165, 1.54) is 0 Å². The lowest BCUT2D eigenvalue weighted by Crippen LogP contribution is -2.27. The van der Waals surface area contributed by atoms with E-state index in [9.17, 15) is 4.79 Å². The standard InChI is InChI=1S/C14H18N4O2/c1-4-12-15-13(17-16-12)14(19)18(2)9-10-7-5-6-8-11(10)20-3/h5-8H,4,9H2,1-3H3,(H,15,16,17). The van der Waals surface area contributed by atoms with Gasteiger partial charge >= 0.3 is 0 Å². The van der Waals surface area contributed by atoms with Gasteiger partial charge < -0.3 is 9.64 Å². The molecule has 2 rings (SSSR count). The number of methoxy groups -OCH3 is 1.